The summed E-state index contributed by atoms with van der Waals surface area (Å²) in [7, 11) is 0. The maximum Gasteiger partial charge on any atom is 0.262 e. The number of benzene rings is 2. The quantitative estimate of drug-likeness (QED) is 0.812. The van der Waals surface area contributed by atoms with Gasteiger partial charge in [0.25, 0.3) is 5.91 Å². The molecule has 0 heterocycles. The number of carbonyl (C=O) groups excluding carboxylic acids is 1. The van der Waals surface area contributed by atoms with E-state index in [2.05, 4.69) is 27.9 Å². The maximum atomic E-state index is 13.0. The molecule has 0 saturated carbocycles. The van der Waals surface area contributed by atoms with Gasteiger partial charge in [-0.15, -0.1) is 0 Å². The summed E-state index contributed by atoms with van der Waals surface area (Å²) in [5.74, 6) is -1.83. The van der Waals surface area contributed by atoms with Crippen molar-refractivity contribution in [3.05, 3.63) is 57.7 Å². The zero-order valence-electron chi connectivity index (χ0n) is 10.2. The van der Waals surface area contributed by atoms with Crippen molar-refractivity contribution in [2.45, 2.75) is 0 Å². The first-order valence-corrected chi connectivity index (χ1v) is 6.76. The second-order valence-electron chi connectivity index (χ2n) is 3.90. The smallest absolute Gasteiger partial charge is 0.262 e. The zero-order chi connectivity index (χ0) is 14.5. The van der Waals surface area contributed by atoms with Gasteiger partial charge in [-0.2, -0.15) is 0 Å². The normalized spacial score (nSPS) is 10.2. The zero-order valence-corrected chi connectivity index (χ0v) is 12.4. The fraction of sp³-hybridized carbons (Fsp3) is 0.0714. The van der Waals surface area contributed by atoms with Gasteiger partial charge >= 0.3 is 0 Å². The Bertz CT molecular complexity index is 634. The number of amides is 1. The average Bonchev–Trinajstić information content (AvgIpc) is 2.42. The van der Waals surface area contributed by atoms with Crippen molar-refractivity contribution >= 4 is 34.2 Å². The number of rotatable bonds is 4. The van der Waals surface area contributed by atoms with Gasteiger partial charge in [0.1, 0.15) is 5.75 Å². The minimum absolute atomic E-state index is 0.181. The number of carbonyl (C=O) groups is 1. The molecule has 0 bridgehead atoms. The number of hydrogen-bond donors (Lipinski definition) is 1. The van der Waals surface area contributed by atoms with E-state index < -0.39 is 17.5 Å². The molecule has 0 fully saturated rings. The Kier molecular flexibility index (Phi) is 4.89. The van der Waals surface area contributed by atoms with Gasteiger partial charge in [-0.25, -0.2) is 8.78 Å². The molecule has 1 N–H and O–H groups in total. The molecule has 2 rings (SSSR count). The molecule has 20 heavy (non-hydrogen) atoms. The molecule has 0 aliphatic carbocycles. The summed E-state index contributed by atoms with van der Waals surface area (Å²) in [5, 5.41) is 2.43. The monoisotopic (exact) mass is 389 g/mol. The number of hydrogen-bond acceptors (Lipinski definition) is 2. The molecule has 0 aromatic heterocycles. The van der Waals surface area contributed by atoms with E-state index in [-0.39, 0.29) is 12.3 Å². The highest BCUT2D eigenvalue weighted by Crippen LogP contribution is 2.19. The van der Waals surface area contributed by atoms with Gasteiger partial charge in [-0.1, -0.05) is 12.1 Å². The molecule has 0 saturated heterocycles. The number of anilines is 1. The third kappa shape index (κ3) is 3.89. The van der Waals surface area contributed by atoms with Crippen LogP contribution in [0.2, 0.25) is 0 Å². The molecule has 0 spiro atoms. The molecule has 2 aromatic carbocycles. The van der Waals surface area contributed by atoms with Crippen LogP contribution < -0.4 is 10.1 Å². The van der Waals surface area contributed by atoms with Gasteiger partial charge in [-0.05, 0) is 46.9 Å². The van der Waals surface area contributed by atoms with Crippen LogP contribution in [0.15, 0.2) is 42.5 Å². The van der Waals surface area contributed by atoms with Gasteiger partial charge in [0.2, 0.25) is 0 Å². The highest BCUT2D eigenvalue weighted by Gasteiger charge is 2.08. The first-order valence-electron chi connectivity index (χ1n) is 5.68. The molecular weight excluding hydrogens is 379 g/mol. The van der Waals surface area contributed by atoms with E-state index in [0.29, 0.717) is 5.75 Å². The van der Waals surface area contributed by atoms with Gasteiger partial charge in [-0.3, -0.25) is 4.79 Å². The SMILES string of the molecule is O=C(COc1ccccc1I)Nc1ccc(F)c(F)c1. The third-order valence-electron chi connectivity index (χ3n) is 2.40. The Hall–Kier alpha value is -1.70. The lowest BCUT2D eigenvalue weighted by Crippen LogP contribution is -2.20. The van der Waals surface area contributed by atoms with E-state index in [1.165, 1.54) is 6.07 Å². The Morgan fingerprint density at radius 3 is 2.60 bits per heavy atom. The summed E-state index contributed by atoms with van der Waals surface area (Å²) in [5.41, 5.74) is 0.181. The lowest BCUT2D eigenvalue weighted by Gasteiger charge is -2.09. The van der Waals surface area contributed by atoms with E-state index in [1.54, 1.807) is 12.1 Å². The molecule has 0 atom stereocenters. The summed E-state index contributed by atoms with van der Waals surface area (Å²) in [6.45, 7) is -0.209. The standard InChI is InChI=1S/C14H10F2INO2/c15-10-6-5-9(7-11(10)16)18-14(19)8-20-13-4-2-1-3-12(13)17/h1-7H,8H2,(H,18,19). The van der Waals surface area contributed by atoms with E-state index in [0.717, 1.165) is 15.7 Å². The lowest BCUT2D eigenvalue weighted by molar-refractivity contribution is -0.118. The molecule has 0 aliphatic heterocycles. The Balaban J connectivity index is 1.93. The molecule has 0 unspecified atom stereocenters. The van der Waals surface area contributed by atoms with E-state index >= 15 is 0 Å². The second-order valence-corrected chi connectivity index (χ2v) is 5.06. The molecule has 6 heteroatoms. The molecule has 0 radical (unpaired) electrons. The van der Waals surface area contributed by atoms with Gasteiger partial charge in [0, 0.05) is 11.8 Å². The van der Waals surface area contributed by atoms with Crippen LogP contribution in [-0.4, -0.2) is 12.5 Å². The Labute approximate surface area is 128 Å². The summed E-state index contributed by atoms with van der Waals surface area (Å²) >= 11 is 2.09. The fourth-order valence-electron chi connectivity index (χ4n) is 1.48. The molecule has 2 aromatic rings. The summed E-state index contributed by atoms with van der Waals surface area (Å²) in [6, 6.07) is 10.4. The van der Waals surface area contributed by atoms with Crippen molar-refractivity contribution < 1.29 is 18.3 Å². The second kappa shape index (κ2) is 6.65. The number of halogens is 3. The predicted octanol–water partition coefficient (Wildman–Crippen LogP) is 3.59. The van der Waals surface area contributed by atoms with Crippen LogP contribution in [0.1, 0.15) is 0 Å². The van der Waals surface area contributed by atoms with Crippen LogP contribution in [0.5, 0.6) is 5.75 Å². The first kappa shape index (κ1) is 14.7. The van der Waals surface area contributed by atoms with E-state index in [4.69, 9.17) is 4.74 Å². The van der Waals surface area contributed by atoms with Crippen molar-refractivity contribution in [3.8, 4) is 5.75 Å². The van der Waals surface area contributed by atoms with Crippen molar-refractivity contribution in [1.29, 1.82) is 0 Å². The van der Waals surface area contributed by atoms with Crippen molar-refractivity contribution in [3.63, 3.8) is 0 Å². The molecular formula is C14H10F2INO2. The minimum Gasteiger partial charge on any atom is -0.483 e. The highest BCUT2D eigenvalue weighted by atomic mass is 127. The largest absolute Gasteiger partial charge is 0.483 e. The van der Waals surface area contributed by atoms with Crippen molar-refractivity contribution in [1.82, 2.24) is 0 Å². The van der Waals surface area contributed by atoms with Crippen molar-refractivity contribution in [2.24, 2.45) is 0 Å². The third-order valence-corrected chi connectivity index (χ3v) is 3.29. The van der Waals surface area contributed by atoms with Crippen LogP contribution in [0.25, 0.3) is 0 Å². The topological polar surface area (TPSA) is 38.3 Å². The van der Waals surface area contributed by atoms with Gasteiger partial charge < -0.3 is 10.1 Å². The number of nitrogens with one attached hydrogen (secondary N) is 1. The summed E-state index contributed by atoms with van der Waals surface area (Å²) in [4.78, 5) is 11.6. The predicted molar refractivity (Wildman–Crippen MR) is 79.6 cm³/mol. The van der Waals surface area contributed by atoms with Gasteiger partial charge in [0.15, 0.2) is 18.2 Å². The van der Waals surface area contributed by atoms with Crippen LogP contribution in [-0.2, 0) is 4.79 Å². The van der Waals surface area contributed by atoms with Crippen LogP contribution in [0, 0.1) is 15.2 Å². The maximum absolute atomic E-state index is 13.0. The summed E-state index contributed by atoms with van der Waals surface area (Å²) < 4.78 is 31.9. The molecule has 3 nitrogen and oxygen atoms in total. The molecule has 104 valence electrons. The lowest BCUT2D eigenvalue weighted by atomic mass is 10.3. The minimum atomic E-state index is -1.01. The van der Waals surface area contributed by atoms with Crippen LogP contribution in [0.4, 0.5) is 14.5 Å². The Morgan fingerprint density at radius 2 is 1.90 bits per heavy atom. The fourth-order valence-corrected chi connectivity index (χ4v) is 2.02. The van der Waals surface area contributed by atoms with Crippen molar-refractivity contribution in [2.75, 3.05) is 11.9 Å². The van der Waals surface area contributed by atoms with Crippen LogP contribution >= 0.6 is 22.6 Å². The average molecular weight is 389 g/mol. The number of para-hydroxylation sites is 1. The first-order chi connectivity index (χ1) is 9.56. The van der Waals surface area contributed by atoms with Gasteiger partial charge in [0.05, 0.1) is 3.57 Å². The Morgan fingerprint density at radius 1 is 1.15 bits per heavy atom. The number of ether oxygens (including phenoxy) is 1. The highest BCUT2D eigenvalue weighted by molar-refractivity contribution is 14.1. The molecule has 0 aliphatic rings. The van der Waals surface area contributed by atoms with Crippen LogP contribution in [0.3, 0.4) is 0 Å². The summed E-state index contributed by atoms with van der Waals surface area (Å²) in [6.07, 6.45) is 0. The van der Waals surface area contributed by atoms with E-state index in [9.17, 15) is 13.6 Å². The molecule has 1 amide bonds. The van der Waals surface area contributed by atoms with E-state index in [1.807, 2.05) is 12.1 Å².